The molecule has 2 heterocycles. The van der Waals surface area contributed by atoms with E-state index in [9.17, 15) is 9.59 Å². The van der Waals surface area contributed by atoms with Crippen LogP contribution in [0.15, 0.2) is 11.2 Å². The minimum Gasteiger partial charge on any atom is -0.353 e. The number of carbonyl (C=O) groups is 2. The maximum atomic E-state index is 12.7. The molecule has 1 aliphatic rings. The monoisotopic (exact) mass is 526 g/mol. The number of rotatable bonds is 11. The number of amides is 2. The molecule has 198 valence electrons. The normalized spacial score (nSPS) is 17.6. The summed E-state index contributed by atoms with van der Waals surface area (Å²) in [7, 11) is 0. The molecule has 2 unspecified atom stereocenters. The first kappa shape index (κ1) is 29.6. The molecule has 8 nitrogen and oxygen atoms in total. The third-order valence-corrected chi connectivity index (χ3v) is 7.30. The Morgan fingerprint density at radius 1 is 1.26 bits per heavy atom. The zero-order valence-electron chi connectivity index (χ0n) is 22.4. The Labute approximate surface area is 220 Å². The molecule has 0 aromatic carbocycles. The zero-order chi connectivity index (χ0) is 26.2. The molecule has 2 atom stereocenters. The summed E-state index contributed by atoms with van der Waals surface area (Å²) in [5, 5.41) is 3.91. The van der Waals surface area contributed by atoms with Crippen molar-refractivity contribution in [2.24, 2.45) is 5.41 Å². The van der Waals surface area contributed by atoms with Crippen LogP contribution < -0.4 is 10.2 Å². The second-order valence-electron chi connectivity index (χ2n) is 10.3. The predicted molar refractivity (Wildman–Crippen MR) is 145 cm³/mol. The molecule has 0 spiro atoms. The van der Waals surface area contributed by atoms with Crippen molar-refractivity contribution in [1.82, 2.24) is 25.1 Å². The number of nitrogens with zero attached hydrogens (tertiary/aromatic N) is 5. The second kappa shape index (κ2) is 13.7. The molecule has 1 N–H and O–H groups in total. The smallest absolute Gasteiger partial charge is 0.230 e. The van der Waals surface area contributed by atoms with E-state index in [-0.39, 0.29) is 29.7 Å². The van der Waals surface area contributed by atoms with Gasteiger partial charge >= 0.3 is 0 Å². The third kappa shape index (κ3) is 9.42. The van der Waals surface area contributed by atoms with Gasteiger partial charge in [-0.2, -0.15) is 0 Å². The molecule has 1 aromatic rings. The molecule has 1 aromatic heterocycles. The molecule has 0 aliphatic carbocycles. The van der Waals surface area contributed by atoms with Gasteiger partial charge in [0.1, 0.15) is 11.0 Å². The van der Waals surface area contributed by atoms with E-state index in [1.165, 1.54) is 11.8 Å². The molecular weight excluding hydrogens is 484 g/mol. The van der Waals surface area contributed by atoms with Crippen LogP contribution in [-0.4, -0.2) is 88.7 Å². The molecule has 35 heavy (non-hydrogen) atoms. The highest BCUT2D eigenvalue weighted by molar-refractivity contribution is 7.99. The first-order chi connectivity index (χ1) is 16.4. The van der Waals surface area contributed by atoms with Crippen molar-refractivity contribution < 1.29 is 9.59 Å². The molecule has 1 aliphatic heterocycles. The van der Waals surface area contributed by atoms with Crippen molar-refractivity contribution >= 4 is 41.0 Å². The zero-order valence-corrected chi connectivity index (χ0v) is 24.0. The lowest BCUT2D eigenvalue weighted by Crippen LogP contribution is -2.56. The van der Waals surface area contributed by atoms with Gasteiger partial charge in [0.2, 0.25) is 11.8 Å². The van der Waals surface area contributed by atoms with Gasteiger partial charge in [-0.3, -0.25) is 9.59 Å². The molecular formula is C25H43ClN6O2S. The third-order valence-electron chi connectivity index (χ3n) is 6.26. The van der Waals surface area contributed by atoms with Crippen LogP contribution in [0.5, 0.6) is 0 Å². The summed E-state index contributed by atoms with van der Waals surface area (Å²) in [5.41, 5.74) is -0.401. The van der Waals surface area contributed by atoms with E-state index in [0.29, 0.717) is 29.9 Å². The maximum absolute atomic E-state index is 12.7. The first-order valence-electron chi connectivity index (χ1n) is 12.7. The number of aromatic nitrogens is 2. The number of thioether (sulfide) groups is 1. The van der Waals surface area contributed by atoms with E-state index in [4.69, 9.17) is 11.6 Å². The van der Waals surface area contributed by atoms with E-state index in [0.717, 1.165) is 38.3 Å². The molecule has 0 saturated carbocycles. The van der Waals surface area contributed by atoms with Gasteiger partial charge in [0.15, 0.2) is 5.16 Å². The predicted octanol–water partition coefficient (Wildman–Crippen LogP) is 3.93. The van der Waals surface area contributed by atoms with Crippen molar-refractivity contribution in [3.8, 4) is 0 Å². The molecule has 0 bridgehead atoms. The van der Waals surface area contributed by atoms with Crippen LogP contribution in [-0.2, 0) is 9.59 Å². The Kier molecular flexibility index (Phi) is 11.6. The maximum Gasteiger partial charge on any atom is 0.230 e. The number of carbonyl (C=O) groups excluding carboxylic acids is 2. The van der Waals surface area contributed by atoms with Crippen molar-refractivity contribution in [3.63, 3.8) is 0 Å². The quantitative estimate of drug-likeness (QED) is 0.266. The average Bonchev–Trinajstić information content (AvgIpc) is 2.79. The van der Waals surface area contributed by atoms with Crippen LogP contribution >= 0.6 is 23.4 Å². The summed E-state index contributed by atoms with van der Waals surface area (Å²) < 4.78 is 0. The van der Waals surface area contributed by atoms with Crippen molar-refractivity contribution in [1.29, 1.82) is 0 Å². The Hall–Kier alpha value is -1.58. The number of halogens is 1. The number of piperazine rings is 1. The summed E-state index contributed by atoms with van der Waals surface area (Å²) in [5.74, 6) is 1.10. The van der Waals surface area contributed by atoms with Crippen LogP contribution in [0.2, 0.25) is 5.15 Å². The molecule has 1 saturated heterocycles. The lowest BCUT2D eigenvalue weighted by Gasteiger charge is -2.42. The Bertz CT molecular complexity index is 846. The number of nitrogens with one attached hydrogen (secondary N) is 1. The van der Waals surface area contributed by atoms with Gasteiger partial charge in [-0.05, 0) is 46.3 Å². The largest absolute Gasteiger partial charge is 0.353 e. The van der Waals surface area contributed by atoms with E-state index < -0.39 is 5.41 Å². The summed E-state index contributed by atoms with van der Waals surface area (Å²) in [4.78, 5) is 40.6. The highest BCUT2D eigenvalue weighted by Gasteiger charge is 2.34. The highest BCUT2D eigenvalue weighted by atomic mass is 35.5. The lowest BCUT2D eigenvalue weighted by molar-refractivity contribution is -0.142. The Morgan fingerprint density at radius 3 is 2.54 bits per heavy atom. The fourth-order valence-corrected chi connectivity index (χ4v) is 5.08. The van der Waals surface area contributed by atoms with Crippen molar-refractivity contribution in [2.45, 2.75) is 78.5 Å². The van der Waals surface area contributed by atoms with Crippen LogP contribution in [0.3, 0.4) is 0 Å². The highest BCUT2D eigenvalue weighted by Crippen LogP contribution is 2.26. The van der Waals surface area contributed by atoms with Gasteiger partial charge < -0.3 is 20.0 Å². The van der Waals surface area contributed by atoms with Crippen LogP contribution in [0.4, 0.5) is 5.82 Å². The van der Waals surface area contributed by atoms with Crippen LogP contribution in [0.1, 0.15) is 61.3 Å². The second-order valence-corrected chi connectivity index (χ2v) is 11.6. The molecule has 0 radical (unpaired) electrons. The molecule has 2 rings (SSSR count). The Morgan fingerprint density at radius 2 is 1.94 bits per heavy atom. The minimum absolute atomic E-state index is 0.0293. The Balaban J connectivity index is 1.88. The molecule has 1 fully saturated rings. The van der Waals surface area contributed by atoms with Gasteiger partial charge in [0.05, 0.1) is 5.75 Å². The summed E-state index contributed by atoms with van der Waals surface area (Å²) >= 11 is 7.58. The van der Waals surface area contributed by atoms with Gasteiger partial charge in [0, 0.05) is 43.2 Å². The number of hydrogen-bond donors (Lipinski definition) is 1. The van der Waals surface area contributed by atoms with E-state index >= 15 is 0 Å². The van der Waals surface area contributed by atoms with Gasteiger partial charge in [0.25, 0.3) is 0 Å². The standard InChI is InChI=1S/C25H43ClN6O2S/c1-8-30(9-2)12-10-11-18(3)27-22(33)17-35-24-28-20(26)15-21(29-24)31-13-14-32(19(4)16-31)23(34)25(5,6)7/h15,18-19H,8-14,16-17H2,1-7H3,(H,27,33). The van der Waals surface area contributed by atoms with E-state index in [1.54, 1.807) is 6.07 Å². The molecule has 10 heteroatoms. The minimum atomic E-state index is -0.401. The van der Waals surface area contributed by atoms with Gasteiger partial charge in [-0.25, -0.2) is 9.97 Å². The number of anilines is 1. The summed E-state index contributed by atoms with van der Waals surface area (Å²) in [6.07, 6.45) is 2.01. The van der Waals surface area contributed by atoms with Gasteiger partial charge in [-0.15, -0.1) is 0 Å². The fraction of sp³-hybridized carbons (Fsp3) is 0.760. The first-order valence-corrected chi connectivity index (χ1v) is 14.1. The van der Waals surface area contributed by atoms with Crippen LogP contribution in [0, 0.1) is 5.41 Å². The van der Waals surface area contributed by atoms with Gasteiger partial charge in [-0.1, -0.05) is 58.0 Å². The molecule has 2 amide bonds. The SMILES string of the molecule is CCN(CC)CCCC(C)NC(=O)CSc1nc(Cl)cc(N2CCN(C(=O)C(C)(C)C)C(C)C2)n1. The summed E-state index contributed by atoms with van der Waals surface area (Å²) in [6.45, 7) is 19.4. The lowest BCUT2D eigenvalue weighted by atomic mass is 9.93. The van der Waals surface area contributed by atoms with E-state index in [1.807, 2.05) is 32.6 Å². The number of hydrogen-bond acceptors (Lipinski definition) is 7. The summed E-state index contributed by atoms with van der Waals surface area (Å²) in [6, 6.07) is 1.94. The topological polar surface area (TPSA) is 81.7 Å². The van der Waals surface area contributed by atoms with Crippen molar-refractivity contribution in [2.75, 3.05) is 49.9 Å². The van der Waals surface area contributed by atoms with Crippen molar-refractivity contribution in [3.05, 3.63) is 11.2 Å². The van der Waals surface area contributed by atoms with E-state index in [2.05, 4.69) is 45.9 Å². The fourth-order valence-electron chi connectivity index (χ4n) is 4.19. The average molecular weight is 527 g/mol. The van der Waals surface area contributed by atoms with Crippen LogP contribution in [0.25, 0.3) is 0 Å².